The van der Waals surface area contributed by atoms with Crippen molar-refractivity contribution >= 4 is 23.6 Å². The van der Waals surface area contributed by atoms with Gasteiger partial charge in [-0.05, 0) is 23.8 Å². The lowest BCUT2D eigenvalue weighted by Gasteiger charge is -2.08. The summed E-state index contributed by atoms with van der Waals surface area (Å²) in [6.45, 7) is 1.38. The van der Waals surface area contributed by atoms with E-state index in [1.54, 1.807) is 6.07 Å². The average Bonchev–Trinajstić information content (AvgIpc) is 2.53. The quantitative estimate of drug-likeness (QED) is 0.773. The van der Waals surface area contributed by atoms with E-state index in [0.717, 1.165) is 12.1 Å². The number of rotatable bonds is 6. The van der Waals surface area contributed by atoms with Gasteiger partial charge in [0.05, 0.1) is 19.1 Å². The first-order valence-corrected chi connectivity index (χ1v) is 8.10. The van der Waals surface area contributed by atoms with E-state index in [-0.39, 0.29) is 16.5 Å². The Labute approximate surface area is 146 Å². The fraction of sp³-hybridized carbons (Fsp3) is 0.211. The SMILES string of the molecule is C[NH+](C)Cc1ccc(CNC(=O)/C=C/c2c(F)cccc2Cl)cc1. The van der Waals surface area contributed by atoms with Crippen LogP contribution in [0, 0.1) is 5.82 Å². The molecule has 3 nitrogen and oxygen atoms in total. The minimum atomic E-state index is -0.454. The third-order valence-corrected chi connectivity index (χ3v) is 3.78. The molecule has 0 spiro atoms. The zero-order valence-corrected chi connectivity index (χ0v) is 14.5. The highest BCUT2D eigenvalue weighted by Gasteiger charge is 2.04. The van der Waals surface area contributed by atoms with Crippen LogP contribution in [0.3, 0.4) is 0 Å². The fourth-order valence-corrected chi connectivity index (χ4v) is 2.49. The molecule has 0 unspecified atom stereocenters. The van der Waals surface area contributed by atoms with Crippen molar-refractivity contribution in [3.05, 3.63) is 76.1 Å². The molecule has 0 aromatic heterocycles. The van der Waals surface area contributed by atoms with Crippen molar-refractivity contribution in [1.29, 1.82) is 0 Å². The van der Waals surface area contributed by atoms with Crippen molar-refractivity contribution < 1.29 is 14.1 Å². The van der Waals surface area contributed by atoms with Crippen LogP contribution in [0.15, 0.2) is 48.5 Å². The van der Waals surface area contributed by atoms with Gasteiger partial charge < -0.3 is 10.2 Å². The second kappa shape index (κ2) is 8.62. The lowest BCUT2D eigenvalue weighted by atomic mass is 10.1. The van der Waals surface area contributed by atoms with E-state index in [0.29, 0.717) is 6.54 Å². The number of hydrogen-bond acceptors (Lipinski definition) is 1. The number of quaternary nitrogens is 1. The van der Waals surface area contributed by atoms with Gasteiger partial charge in [0.2, 0.25) is 5.91 Å². The molecular weight excluding hydrogens is 327 g/mol. The zero-order valence-electron chi connectivity index (χ0n) is 13.8. The summed E-state index contributed by atoms with van der Waals surface area (Å²) < 4.78 is 13.6. The second-order valence-corrected chi connectivity index (χ2v) is 6.29. The number of nitrogens with one attached hydrogen (secondary N) is 2. The number of halogens is 2. The molecule has 0 saturated carbocycles. The molecule has 126 valence electrons. The zero-order chi connectivity index (χ0) is 17.5. The minimum absolute atomic E-state index is 0.213. The predicted molar refractivity (Wildman–Crippen MR) is 95.2 cm³/mol. The Morgan fingerprint density at radius 1 is 1.17 bits per heavy atom. The molecule has 1 amide bonds. The van der Waals surface area contributed by atoms with Crippen molar-refractivity contribution in [2.75, 3.05) is 14.1 Å². The highest BCUT2D eigenvalue weighted by Crippen LogP contribution is 2.20. The van der Waals surface area contributed by atoms with Crippen LogP contribution >= 0.6 is 11.6 Å². The van der Waals surface area contributed by atoms with Gasteiger partial charge in [-0.1, -0.05) is 41.9 Å². The Hall–Kier alpha value is -2.17. The Kier molecular flexibility index (Phi) is 6.53. The van der Waals surface area contributed by atoms with Crippen molar-refractivity contribution in [2.24, 2.45) is 0 Å². The Balaban J connectivity index is 1.90. The van der Waals surface area contributed by atoms with E-state index in [2.05, 4.69) is 31.5 Å². The molecule has 0 aliphatic heterocycles. The maximum atomic E-state index is 13.6. The number of hydrogen-bond donors (Lipinski definition) is 2. The summed E-state index contributed by atoms with van der Waals surface area (Å²) >= 11 is 5.91. The van der Waals surface area contributed by atoms with Crippen LogP contribution in [0.25, 0.3) is 6.08 Å². The first-order chi connectivity index (χ1) is 11.5. The number of benzene rings is 2. The minimum Gasteiger partial charge on any atom is -0.348 e. The van der Waals surface area contributed by atoms with Crippen LogP contribution in [-0.4, -0.2) is 20.0 Å². The van der Waals surface area contributed by atoms with Crippen LogP contribution < -0.4 is 10.2 Å². The summed E-state index contributed by atoms with van der Waals surface area (Å²) in [6, 6.07) is 12.5. The summed E-state index contributed by atoms with van der Waals surface area (Å²) in [4.78, 5) is 13.2. The smallest absolute Gasteiger partial charge is 0.244 e. The average molecular weight is 348 g/mol. The molecule has 2 aromatic rings. The molecule has 0 atom stereocenters. The normalized spacial score (nSPS) is 11.2. The third-order valence-electron chi connectivity index (χ3n) is 3.45. The molecule has 0 bridgehead atoms. The topological polar surface area (TPSA) is 33.5 Å². The number of carbonyl (C=O) groups excluding carboxylic acids is 1. The van der Waals surface area contributed by atoms with E-state index in [1.165, 1.54) is 34.7 Å². The van der Waals surface area contributed by atoms with Gasteiger partial charge in [0.25, 0.3) is 0 Å². The molecule has 0 fully saturated rings. The Morgan fingerprint density at radius 2 is 1.83 bits per heavy atom. The maximum absolute atomic E-state index is 13.6. The lowest BCUT2D eigenvalue weighted by molar-refractivity contribution is -0.872. The van der Waals surface area contributed by atoms with Gasteiger partial charge in [-0.3, -0.25) is 4.79 Å². The molecule has 0 saturated heterocycles. The maximum Gasteiger partial charge on any atom is 0.244 e. The molecule has 2 aromatic carbocycles. The Bertz CT molecular complexity index is 706. The standard InChI is InChI=1S/C19H20ClFN2O/c1-23(2)13-15-8-6-14(7-9-15)12-22-19(24)11-10-16-17(20)4-3-5-18(16)21/h3-11H,12-13H2,1-2H3,(H,22,24)/p+1/b11-10+. The van der Waals surface area contributed by atoms with Gasteiger partial charge in [0.15, 0.2) is 0 Å². The van der Waals surface area contributed by atoms with E-state index >= 15 is 0 Å². The molecule has 0 aliphatic carbocycles. The van der Waals surface area contributed by atoms with Crippen LogP contribution in [-0.2, 0) is 17.9 Å². The van der Waals surface area contributed by atoms with Gasteiger partial charge >= 0.3 is 0 Å². The van der Waals surface area contributed by atoms with E-state index < -0.39 is 5.82 Å². The molecule has 2 rings (SSSR count). The highest BCUT2D eigenvalue weighted by atomic mass is 35.5. The van der Waals surface area contributed by atoms with Crippen LogP contribution in [0.5, 0.6) is 0 Å². The molecule has 5 heteroatoms. The van der Waals surface area contributed by atoms with Crippen molar-refractivity contribution in [3.63, 3.8) is 0 Å². The molecule has 0 radical (unpaired) electrons. The third kappa shape index (κ3) is 5.48. The molecule has 0 aliphatic rings. The summed E-state index contributed by atoms with van der Waals surface area (Å²) in [6.07, 6.45) is 2.67. The number of carbonyl (C=O) groups is 1. The second-order valence-electron chi connectivity index (χ2n) is 5.89. The summed E-state index contributed by atoms with van der Waals surface area (Å²) in [5.41, 5.74) is 2.47. The van der Waals surface area contributed by atoms with E-state index in [9.17, 15) is 9.18 Å². The van der Waals surface area contributed by atoms with Gasteiger partial charge in [0.1, 0.15) is 12.4 Å². The fourth-order valence-electron chi connectivity index (χ4n) is 2.26. The summed E-state index contributed by atoms with van der Waals surface area (Å²) in [7, 11) is 4.20. The van der Waals surface area contributed by atoms with E-state index in [4.69, 9.17) is 11.6 Å². The summed E-state index contributed by atoms with van der Waals surface area (Å²) in [5, 5.41) is 3.05. The molecule has 0 heterocycles. The summed E-state index contributed by atoms with van der Waals surface area (Å²) in [5.74, 6) is -0.749. The van der Waals surface area contributed by atoms with Gasteiger partial charge in [-0.25, -0.2) is 4.39 Å². The van der Waals surface area contributed by atoms with Crippen molar-refractivity contribution in [1.82, 2.24) is 5.32 Å². The van der Waals surface area contributed by atoms with Crippen LogP contribution in [0.4, 0.5) is 4.39 Å². The lowest BCUT2D eigenvalue weighted by Crippen LogP contribution is -3.04. The monoisotopic (exact) mass is 347 g/mol. The van der Waals surface area contributed by atoms with E-state index in [1.807, 2.05) is 12.1 Å². The molecule has 24 heavy (non-hydrogen) atoms. The Morgan fingerprint density at radius 3 is 2.46 bits per heavy atom. The molecule has 2 N–H and O–H groups in total. The van der Waals surface area contributed by atoms with Crippen LogP contribution in [0.1, 0.15) is 16.7 Å². The van der Waals surface area contributed by atoms with Gasteiger partial charge in [-0.15, -0.1) is 0 Å². The largest absolute Gasteiger partial charge is 0.348 e. The van der Waals surface area contributed by atoms with Crippen LogP contribution in [0.2, 0.25) is 5.02 Å². The highest BCUT2D eigenvalue weighted by molar-refractivity contribution is 6.32. The van der Waals surface area contributed by atoms with Gasteiger partial charge in [0, 0.05) is 23.7 Å². The predicted octanol–water partition coefficient (Wildman–Crippen LogP) is 2.45. The first-order valence-electron chi connectivity index (χ1n) is 7.72. The first kappa shape index (κ1) is 18.2. The molecular formula is C19H21ClFN2O+. The van der Waals surface area contributed by atoms with Gasteiger partial charge in [-0.2, -0.15) is 0 Å². The van der Waals surface area contributed by atoms with Crippen molar-refractivity contribution in [3.8, 4) is 0 Å². The van der Waals surface area contributed by atoms with Crippen molar-refractivity contribution in [2.45, 2.75) is 13.1 Å². The number of amides is 1.